The Balaban J connectivity index is 0.000000461. The fraction of sp³-hybridized carbons (Fsp3) is 0.364. The monoisotopic (exact) mass is 192 g/mol. The van der Waals surface area contributed by atoms with Crippen LogP contribution in [0, 0.1) is 0 Å². The Kier molecular flexibility index (Phi) is 4.13. The second-order valence-corrected chi connectivity index (χ2v) is 2.66. The summed E-state index contributed by atoms with van der Waals surface area (Å²) in [6.07, 6.45) is -0.0831. The van der Waals surface area contributed by atoms with E-state index >= 15 is 0 Å². The first-order valence-corrected chi connectivity index (χ1v) is 4.91. The normalized spacial score (nSPS) is 19.1. The molecule has 76 valence electrons. The number of hydrogen-bond acceptors (Lipinski definition) is 3. The predicted molar refractivity (Wildman–Crippen MR) is 58.0 cm³/mol. The fourth-order valence-corrected chi connectivity index (χ4v) is 1.11. The molecular formula is C11H16N2O. The van der Waals surface area contributed by atoms with Crippen LogP contribution in [0.25, 0.3) is 0 Å². The van der Waals surface area contributed by atoms with E-state index in [0.717, 1.165) is 11.4 Å². The second-order valence-electron chi connectivity index (χ2n) is 2.66. The number of amidine groups is 1. The Hall–Kier alpha value is -1.35. The lowest BCUT2D eigenvalue weighted by atomic mass is 10.2. The number of aliphatic imine (C=N–C) groups is 1. The van der Waals surface area contributed by atoms with E-state index in [1.54, 1.807) is 0 Å². The van der Waals surface area contributed by atoms with Crippen molar-refractivity contribution in [1.29, 1.82) is 0 Å². The first kappa shape index (κ1) is 10.7. The van der Waals surface area contributed by atoms with Crippen LogP contribution in [0.1, 0.15) is 26.3 Å². The van der Waals surface area contributed by atoms with E-state index < -0.39 is 0 Å². The lowest BCUT2D eigenvalue weighted by Crippen LogP contribution is -2.18. The number of hydrogen-bond donors (Lipinski definition) is 1. The Bertz CT molecular complexity index is 295. The van der Waals surface area contributed by atoms with Gasteiger partial charge in [0.2, 0.25) is 0 Å². The Morgan fingerprint density at radius 2 is 1.86 bits per heavy atom. The zero-order valence-corrected chi connectivity index (χ0v) is 8.82. The van der Waals surface area contributed by atoms with Crippen LogP contribution in [-0.4, -0.2) is 12.1 Å². The van der Waals surface area contributed by atoms with Crippen molar-refractivity contribution in [1.82, 2.24) is 5.48 Å². The molecule has 0 amide bonds. The predicted octanol–water partition coefficient (Wildman–Crippen LogP) is 2.34. The van der Waals surface area contributed by atoms with Crippen molar-refractivity contribution in [3.8, 4) is 0 Å². The minimum atomic E-state index is -0.0831. The summed E-state index contributed by atoms with van der Waals surface area (Å²) < 4.78 is 0. The molecule has 1 unspecified atom stereocenters. The topological polar surface area (TPSA) is 33.6 Å². The van der Waals surface area contributed by atoms with Gasteiger partial charge in [0.1, 0.15) is 0 Å². The van der Waals surface area contributed by atoms with Gasteiger partial charge in [-0.3, -0.25) is 0 Å². The molecule has 0 saturated heterocycles. The van der Waals surface area contributed by atoms with Gasteiger partial charge in [0.05, 0.1) is 0 Å². The van der Waals surface area contributed by atoms with E-state index in [1.807, 2.05) is 51.1 Å². The van der Waals surface area contributed by atoms with Crippen LogP contribution in [0.3, 0.4) is 0 Å². The summed E-state index contributed by atoms with van der Waals surface area (Å²) in [5.41, 5.74) is 3.83. The molecular weight excluding hydrogens is 176 g/mol. The molecule has 1 N–H and O–H groups in total. The SMILES string of the molecule is CC.CC1N=C(c2ccccc2)NO1. The number of nitrogens with one attached hydrogen (secondary N) is 1. The van der Waals surface area contributed by atoms with Gasteiger partial charge in [0.25, 0.3) is 0 Å². The molecule has 0 saturated carbocycles. The summed E-state index contributed by atoms with van der Waals surface area (Å²) in [5, 5.41) is 0. The second kappa shape index (κ2) is 5.40. The maximum Gasteiger partial charge on any atom is 0.174 e. The molecule has 1 heterocycles. The molecule has 1 aromatic rings. The Morgan fingerprint density at radius 3 is 2.36 bits per heavy atom. The number of hydroxylamine groups is 1. The Labute approximate surface area is 84.8 Å². The highest BCUT2D eigenvalue weighted by molar-refractivity contribution is 5.98. The van der Waals surface area contributed by atoms with Gasteiger partial charge < -0.3 is 0 Å². The third kappa shape index (κ3) is 2.57. The van der Waals surface area contributed by atoms with Crippen molar-refractivity contribution in [2.45, 2.75) is 27.0 Å². The van der Waals surface area contributed by atoms with Crippen molar-refractivity contribution < 1.29 is 4.84 Å². The zero-order valence-electron chi connectivity index (χ0n) is 8.82. The van der Waals surface area contributed by atoms with Gasteiger partial charge in [-0.15, -0.1) is 0 Å². The summed E-state index contributed by atoms with van der Waals surface area (Å²) >= 11 is 0. The van der Waals surface area contributed by atoms with E-state index in [9.17, 15) is 0 Å². The van der Waals surface area contributed by atoms with Crippen LogP contribution in [0.2, 0.25) is 0 Å². The average molecular weight is 192 g/mol. The van der Waals surface area contributed by atoms with Crippen molar-refractivity contribution in [3.05, 3.63) is 35.9 Å². The maximum atomic E-state index is 5.07. The van der Waals surface area contributed by atoms with Gasteiger partial charge in [-0.2, -0.15) is 0 Å². The highest BCUT2D eigenvalue weighted by Crippen LogP contribution is 2.06. The van der Waals surface area contributed by atoms with E-state index in [2.05, 4.69) is 10.5 Å². The van der Waals surface area contributed by atoms with Crippen molar-refractivity contribution in [3.63, 3.8) is 0 Å². The fourth-order valence-electron chi connectivity index (χ4n) is 1.11. The van der Waals surface area contributed by atoms with Crippen molar-refractivity contribution in [2.75, 3.05) is 0 Å². The molecule has 0 fully saturated rings. The van der Waals surface area contributed by atoms with Crippen molar-refractivity contribution in [2.24, 2.45) is 4.99 Å². The molecule has 0 radical (unpaired) electrons. The first-order chi connectivity index (χ1) is 6.86. The van der Waals surface area contributed by atoms with E-state index in [1.165, 1.54) is 0 Å². The van der Waals surface area contributed by atoms with Gasteiger partial charge in [0, 0.05) is 5.56 Å². The number of rotatable bonds is 1. The standard InChI is InChI=1S/C9H10N2O.C2H6/c1-7-10-9(11-12-7)8-5-3-2-4-6-8;1-2/h2-7H,1H3,(H,10,11);1-2H3. The van der Waals surface area contributed by atoms with Gasteiger partial charge in [-0.05, 0) is 6.92 Å². The molecule has 3 heteroatoms. The maximum absolute atomic E-state index is 5.07. The number of benzene rings is 1. The molecule has 0 bridgehead atoms. The minimum Gasteiger partial charge on any atom is -0.248 e. The van der Waals surface area contributed by atoms with Crippen LogP contribution >= 0.6 is 0 Å². The highest BCUT2D eigenvalue weighted by Gasteiger charge is 2.13. The van der Waals surface area contributed by atoms with Crippen molar-refractivity contribution >= 4 is 5.84 Å². The summed E-state index contributed by atoms with van der Waals surface area (Å²) in [4.78, 5) is 9.31. The molecule has 1 aliphatic heterocycles. The summed E-state index contributed by atoms with van der Waals surface area (Å²) in [5.74, 6) is 0.808. The first-order valence-electron chi connectivity index (χ1n) is 4.91. The van der Waals surface area contributed by atoms with Gasteiger partial charge in [-0.25, -0.2) is 15.3 Å². The minimum absolute atomic E-state index is 0.0831. The molecule has 1 aliphatic rings. The lowest BCUT2D eigenvalue weighted by Gasteiger charge is -1.98. The molecule has 1 aromatic carbocycles. The van der Waals surface area contributed by atoms with Crippen LogP contribution in [0.15, 0.2) is 35.3 Å². The van der Waals surface area contributed by atoms with Gasteiger partial charge >= 0.3 is 0 Å². The summed E-state index contributed by atoms with van der Waals surface area (Å²) in [7, 11) is 0. The van der Waals surface area contributed by atoms with Crippen LogP contribution < -0.4 is 5.48 Å². The molecule has 0 aromatic heterocycles. The molecule has 14 heavy (non-hydrogen) atoms. The third-order valence-electron chi connectivity index (χ3n) is 1.68. The summed E-state index contributed by atoms with van der Waals surface area (Å²) in [6, 6.07) is 9.91. The largest absolute Gasteiger partial charge is 0.248 e. The number of nitrogens with zero attached hydrogens (tertiary/aromatic N) is 1. The molecule has 2 rings (SSSR count). The zero-order chi connectivity index (χ0) is 10.4. The summed E-state index contributed by atoms with van der Waals surface area (Å²) in [6.45, 7) is 5.89. The smallest absolute Gasteiger partial charge is 0.174 e. The third-order valence-corrected chi connectivity index (χ3v) is 1.68. The van der Waals surface area contributed by atoms with Gasteiger partial charge in [-0.1, -0.05) is 44.2 Å². The van der Waals surface area contributed by atoms with Crippen LogP contribution in [0.5, 0.6) is 0 Å². The quantitative estimate of drug-likeness (QED) is 0.741. The van der Waals surface area contributed by atoms with Gasteiger partial charge in [0.15, 0.2) is 12.1 Å². The lowest BCUT2D eigenvalue weighted by molar-refractivity contribution is 0.0504. The van der Waals surface area contributed by atoms with Crippen LogP contribution in [-0.2, 0) is 4.84 Å². The molecule has 0 aliphatic carbocycles. The average Bonchev–Trinajstić information content (AvgIpc) is 2.69. The highest BCUT2D eigenvalue weighted by atomic mass is 16.7. The van der Waals surface area contributed by atoms with E-state index in [-0.39, 0.29) is 6.23 Å². The van der Waals surface area contributed by atoms with E-state index in [4.69, 9.17) is 4.84 Å². The Morgan fingerprint density at radius 1 is 1.21 bits per heavy atom. The molecule has 0 spiro atoms. The molecule has 3 nitrogen and oxygen atoms in total. The molecule has 1 atom stereocenters. The van der Waals surface area contributed by atoms with E-state index in [0.29, 0.717) is 0 Å². The van der Waals surface area contributed by atoms with Crippen LogP contribution in [0.4, 0.5) is 0 Å².